The van der Waals surface area contributed by atoms with E-state index >= 15 is 0 Å². The van der Waals surface area contributed by atoms with Gasteiger partial charge in [-0.1, -0.05) is 0 Å². The highest BCUT2D eigenvalue weighted by Gasteiger charge is 2.22. The molecule has 0 N–H and O–H groups in total. The van der Waals surface area contributed by atoms with Crippen molar-refractivity contribution < 1.29 is 9.53 Å². The fourth-order valence-corrected chi connectivity index (χ4v) is 1.87. The summed E-state index contributed by atoms with van der Waals surface area (Å²) in [6.07, 6.45) is 2.43. The summed E-state index contributed by atoms with van der Waals surface area (Å²) in [7, 11) is 1.63. The predicted molar refractivity (Wildman–Crippen MR) is 52.8 cm³/mol. The Kier molecular flexibility index (Phi) is 2.23. The second kappa shape index (κ2) is 3.40. The first-order valence-electron chi connectivity index (χ1n) is 4.80. The Labute approximate surface area is 83.1 Å². The first-order valence-corrected chi connectivity index (χ1v) is 4.80. The van der Waals surface area contributed by atoms with E-state index in [2.05, 4.69) is 4.98 Å². The molecule has 0 spiro atoms. The number of hydrogen-bond donors (Lipinski definition) is 0. The molecule has 0 fully saturated rings. The van der Waals surface area contributed by atoms with E-state index in [1.54, 1.807) is 7.11 Å². The van der Waals surface area contributed by atoms with Crippen LogP contribution in [0.3, 0.4) is 0 Å². The van der Waals surface area contributed by atoms with E-state index in [0.29, 0.717) is 12.1 Å². The molecule has 0 saturated carbocycles. The lowest BCUT2D eigenvalue weighted by atomic mass is 9.94. The van der Waals surface area contributed by atoms with Crippen LogP contribution in [0.1, 0.15) is 34.6 Å². The number of methoxy groups -OCH3 is 1. The third-order valence-corrected chi connectivity index (χ3v) is 2.53. The molecule has 0 bridgehead atoms. The minimum absolute atomic E-state index is 0.147. The fourth-order valence-electron chi connectivity index (χ4n) is 1.87. The number of carbonyl (C=O) groups is 1. The topological polar surface area (TPSA) is 39.2 Å². The molecular formula is C11H13NO2. The minimum atomic E-state index is 0.147. The SMILES string of the molecule is COc1cc(C)nc2c1CCCC2=O. The van der Waals surface area contributed by atoms with Crippen LogP contribution in [0.5, 0.6) is 5.75 Å². The molecule has 14 heavy (non-hydrogen) atoms. The highest BCUT2D eigenvalue weighted by molar-refractivity contribution is 5.97. The third kappa shape index (κ3) is 1.39. The van der Waals surface area contributed by atoms with Gasteiger partial charge in [0.15, 0.2) is 5.78 Å². The Hall–Kier alpha value is -1.38. The fraction of sp³-hybridized carbons (Fsp3) is 0.455. The van der Waals surface area contributed by atoms with E-state index in [-0.39, 0.29) is 5.78 Å². The lowest BCUT2D eigenvalue weighted by Gasteiger charge is -2.17. The van der Waals surface area contributed by atoms with E-state index < -0.39 is 0 Å². The number of aromatic nitrogens is 1. The highest BCUT2D eigenvalue weighted by Crippen LogP contribution is 2.28. The summed E-state index contributed by atoms with van der Waals surface area (Å²) in [4.78, 5) is 15.9. The number of hydrogen-bond acceptors (Lipinski definition) is 3. The third-order valence-electron chi connectivity index (χ3n) is 2.53. The molecule has 1 aromatic heterocycles. The van der Waals surface area contributed by atoms with Gasteiger partial charge in [0.1, 0.15) is 11.4 Å². The van der Waals surface area contributed by atoms with Gasteiger partial charge in [-0.25, -0.2) is 4.98 Å². The number of rotatable bonds is 1. The van der Waals surface area contributed by atoms with Gasteiger partial charge in [0.25, 0.3) is 0 Å². The van der Waals surface area contributed by atoms with Crippen LogP contribution in [-0.2, 0) is 6.42 Å². The van der Waals surface area contributed by atoms with Crippen molar-refractivity contribution in [2.75, 3.05) is 7.11 Å². The van der Waals surface area contributed by atoms with E-state index in [1.165, 1.54) is 0 Å². The van der Waals surface area contributed by atoms with Gasteiger partial charge in [0, 0.05) is 23.7 Å². The number of ether oxygens (including phenoxy) is 1. The summed E-state index contributed by atoms with van der Waals surface area (Å²) in [5, 5.41) is 0. The smallest absolute Gasteiger partial charge is 0.181 e. The van der Waals surface area contributed by atoms with Crippen LogP contribution in [0.4, 0.5) is 0 Å². The molecule has 1 aliphatic carbocycles. The zero-order valence-corrected chi connectivity index (χ0v) is 8.46. The first-order chi connectivity index (χ1) is 6.72. The molecule has 0 amide bonds. The Balaban J connectivity index is 2.60. The summed E-state index contributed by atoms with van der Waals surface area (Å²) in [5.74, 6) is 0.953. The maximum atomic E-state index is 11.6. The van der Waals surface area contributed by atoms with Gasteiger partial charge in [-0.15, -0.1) is 0 Å². The number of fused-ring (bicyclic) bond motifs is 1. The Bertz CT molecular complexity index is 385. The van der Waals surface area contributed by atoms with Crippen LogP contribution in [-0.4, -0.2) is 17.9 Å². The maximum absolute atomic E-state index is 11.6. The number of aryl methyl sites for hydroxylation is 1. The van der Waals surface area contributed by atoms with Gasteiger partial charge in [-0.05, 0) is 19.8 Å². The lowest BCUT2D eigenvalue weighted by Crippen LogP contribution is -2.14. The zero-order chi connectivity index (χ0) is 10.1. The van der Waals surface area contributed by atoms with Gasteiger partial charge >= 0.3 is 0 Å². The number of ketones is 1. The molecular weight excluding hydrogens is 178 g/mol. The van der Waals surface area contributed by atoms with Crippen molar-refractivity contribution in [3.63, 3.8) is 0 Å². The summed E-state index contributed by atoms with van der Waals surface area (Å²) in [6, 6.07) is 1.89. The summed E-state index contributed by atoms with van der Waals surface area (Å²) in [6.45, 7) is 1.88. The van der Waals surface area contributed by atoms with Gasteiger partial charge in [-0.3, -0.25) is 4.79 Å². The van der Waals surface area contributed by atoms with Crippen molar-refractivity contribution in [3.8, 4) is 5.75 Å². The van der Waals surface area contributed by atoms with Crippen LogP contribution in [0.25, 0.3) is 0 Å². The van der Waals surface area contributed by atoms with Crippen LogP contribution in [0, 0.1) is 6.92 Å². The number of carbonyl (C=O) groups excluding carboxylic acids is 1. The molecule has 74 valence electrons. The Morgan fingerprint density at radius 1 is 1.43 bits per heavy atom. The van der Waals surface area contributed by atoms with Crippen molar-refractivity contribution in [2.45, 2.75) is 26.2 Å². The highest BCUT2D eigenvalue weighted by atomic mass is 16.5. The van der Waals surface area contributed by atoms with E-state index in [4.69, 9.17) is 4.74 Å². The van der Waals surface area contributed by atoms with Gasteiger partial charge in [0.2, 0.25) is 0 Å². The summed E-state index contributed by atoms with van der Waals surface area (Å²) >= 11 is 0. The average Bonchev–Trinajstić information content (AvgIpc) is 2.18. The van der Waals surface area contributed by atoms with Crippen molar-refractivity contribution >= 4 is 5.78 Å². The van der Waals surface area contributed by atoms with E-state index in [9.17, 15) is 4.79 Å². The molecule has 2 rings (SSSR count). The number of nitrogens with zero attached hydrogens (tertiary/aromatic N) is 1. The van der Waals surface area contributed by atoms with Gasteiger partial charge in [0.05, 0.1) is 7.11 Å². The standard InChI is InChI=1S/C11H13NO2/c1-7-6-10(14-2)8-4-3-5-9(13)11(8)12-7/h6H,3-5H2,1-2H3. The summed E-state index contributed by atoms with van der Waals surface area (Å²) < 4.78 is 5.25. The average molecular weight is 191 g/mol. The zero-order valence-electron chi connectivity index (χ0n) is 8.46. The molecule has 1 aliphatic rings. The first kappa shape index (κ1) is 9.19. The molecule has 0 radical (unpaired) electrons. The van der Waals surface area contributed by atoms with Crippen molar-refractivity contribution in [1.82, 2.24) is 4.98 Å². The largest absolute Gasteiger partial charge is 0.496 e. The van der Waals surface area contributed by atoms with Gasteiger partial charge < -0.3 is 4.74 Å². The normalized spacial score (nSPS) is 15.1. The number of pyridine rings is 1. The van der Waals surface area contributed by atoms with Gasteiger partial charge in [-0.2, -0.15) is 0 Å². The van der Waals surface area contributed by atoms with Crippen LogP contribution in [0.2, 0.25) is 0 Å². The molecule has 3 heteroatoms. The number of Topliss-reactive ketones (excluding diaryl/α,β-unsaturated/α-hetero) is 1. The second-order valence-corrected chi connectivity index (χ2v) is 3.57. The van der Waals surface area contributed by atoms with Crippen molar-refractivity contribution in [1.29, 1.82) is 0 Å². The van der Waals surface area contributed by atoms with Crippen molar-refractivity contribution in [2.24, 2.45) is 0 Å². The Morgan fingerprint density at radius 3 is 2.93 bits per heavy atom. The molecule has 1 aromatic rings. The monoisotopic (exact) mass is 191 g/mol. The molecule has 0 saturated heterocycles. The second-order valence-electron chi connectivity index (χ2n) is 3.57. The summed E-state index contributed by atoms with van der Waals surface area (Å²) in [5.41, 5.74) is 2.44. The van der Waals surface area contributed by atoms with Crippen LogP contribution in [0.15, 0.2) is 6.07 Å². The Morgan fingerprint density at radius 2 is 2.21 bits per heavy atom. The molecule has 0 aromatic carbocycles. The quantitative estimate of drug-likeness (QED) is 0.680. The molecule has 0 aliphatic heterocycles. The minimum Gasteiger partial charge on any atom is -0.496 e. The molecule has 0 atom stereocenters. The predicted octanol–water partition coefficient (Wildman–Crippen LogP) is 1.92. The molecule has 0 unspecified atom stereocenters. The van der Waals surface area contributed by atoms with Crippen molar-refractivity contribution in [3.05, 3.63) is 23.0 Å². The lowest BCUT2D eigenvalue weighted by molar-refractivity contribution is 0.0966. The van der Waals surface area contributed by atoms with Crippen LogP contribution < -0.4 is 4.74 Å². The van der Waals surface area contributed by atoms with E-state index in [0.717, 1.165) is 29.8 Å². The molecule has 1 heterocycles. The maximum Gasteiger partial charge on any atom is 0.181 e. The molecule has 3 nitrogen and oxygen atoms in total. The van der Waals surface area contributed by atoms with E-state index in [1.807, 2.05) is 13.0 Å². The van der Waals surface area contributed by atoms with Crippen LogP contribution >= 0.6 is 0 Å².